The molecule has 1 amide bonds. The lowest BCUT2D eigenvalue weighted by Crippen LogP contribution is -2.26. The SMILES string of the molecule is CC(C)c1cc(C(=O)Nc2cc(Cl)c(N)c(Cl)c2)nn1C(C)(C)C. The van der Waals surface area contributed by atoms with Crippen LogP contribution in [-0.4, -0.2) is 15.7 Å². The molecule has 3 N–H and O–H groups in total. The molecule has 1 heterocycles. The molecule has 1 aromatic carbocycles. The van der Waals surface area contributed by atoms with Crippen LogP contribution in [0.2, 0.25) is 10.0 Å². The number of hydrogen-bond donors (Lipinski definition) is 2. The predicted molar refractivity (Wildman–Crippen MR) is 100 cm³/mol. The summed E-state index contributed by atoms with van der Waals surface area (Å²) in [4.78, 5) is 12.5. The Morgan fingerprint density at radius 3 is 2.17 bits per heavy atom. The van der Waals surface area contributed by atoms with Crippen molar-refractivity contribution in [1.82, 2.24) is 9.78 Å². The second-order valence-corrected chi connectivity index (χ2v) is 7.81. The van der Waals surface area contributed by atoms with Gasteiger partial charge in [-0.05, 0) is 44.9 Å². The number of benzene rings is 1. The Bertz CT molecular complexity index is 752. The Morgan fingerprint density at radius 1 is 1.21 bits per heavy atom. The molecule has 0 bridgehead atoms. The van der Waals surface area contributed by atoms with Gasteiger partial charge in [0.15, 0.2) is 5.69 Å². The van der Waals surface area contributed by atoms with Gasteiger partial charge in [-0.25, -0.2) is 0 Å². The summed E-state index contributed by atoms with van der Waals surface area (Å²) in [5.41, 5.74) is 7.59. The molecule has 0 radical (unpaired) electrons. The lowest BCUT2D eigenvalue weighted by Gasteiger charge is -2.23. The minimum atomic E-state index is -0.322. The third kappa shape index (κ3) is 3.84. The van der Waals surface area contributed by atoms with Crippen LogP contribution in [0.5, 0.6) is 0 Å². The highest BCUT2D eigenvalue weighted by molar-refractivity contribution is 6.39. The van der Waals surface area contributed by atoms with Gasteiger partial charge in [-0.15, -0.1) is 0 Å². The number of rotatable bonds is 3. The summed E-state index contributed by atoms with van der Waals surface area (Å²) >= 11 is 12.0. The van der Waals surface area contributed by atoms with Gasteiger partial charge in [0.2, 0.25) is 0 Å². The van der Waals surface area contributed by atoms with Crippen LogP contribution in [0.25, 0.3) is 0 Å². The zero-order chi connectivity index (χ0) is 18.2. The summed E-state index contributed by atoms with van der Waals surface area (Å²) in [6.45, 7) is 10.3. The van der Waals surface area contributed by atoms with Gasteiger partial charge in [-0.2, -0.15) is 5.10 Å². The van der Waals surface area contributed by atoms with Crippen LogP contribution < -0.4 is 11.1 Å². The number of amides is 1. The molecular weight excluding hydrogens is 347 g/mol. The minimum absolute atomic E-state index is 0.216. The number of nitrogen functional groups attached to an aromatic ring is 1. The first-order chi connectivity index (χ1) is 11.0. The van der Waals surface area contributed by atoms with Crippen molar-refractivity contribution in [3.05, 3.63) is 39.6 Å². The molecule has 24 heavy (non-hydrogen) atoms. The maximum Gasteiger partial charge on any atom is 0.276 e. The molecule has 0 aliphatic heterocycles. The molecule has 0 saturated heterocycles. The van der Waals surface area contributed by atoms with Gasteiger partial charge < -0.3 is 11.1 Å². The van der Waals surface area contributed by atoms with Crippen LogP contribution in [0, 0.1) is 0 Å². The van der Waals surface area contributed by atoms with E-state index in [1.54, 1.807) is 12.1 Å². The van der Waals surface area contributed by atoms with Crippen LogP contribution in [-0.2, 0) is 5.54 Å². The van der Waals surface area contributed by atoms with Crippen LogP contribution in [0.3, 0.4) is 0 Å². The molecule has 0 fully saturated rings. The fraction of sp³-hybridized carbons (Fsp3) is 0.412. The molecule has 0 aliphatic rings. The first-order valence-corrected chi connectivity index (χ1v) is 8.42. The number of halogens is 2. The van der Waals surface area contributed by atoms with Crippen molar-refractivity contribution in [2.75, 3.05) is 11.1 Å². The molecule has 130 valence electrons. The normalized spacial score (nSPS) is 11.8. The fourth-order valence-corrected chi connectivity index (χ4v) is 2.79. The number of carbonyl (C=O) groups is 1. The summed E-state index contributed by atoms with van der Waals surface area (Å²) < 4.78 is 1.88. The number of aromatic nitrogens is 2. The molecule has 2 rings (SSSR count). The summed E-state index contributed by atoms with van der Waals surface area (Å²) in [7, 11) is 0. The minimum Gasteiger partial charge on any atom is -0.396 e. The Balaban J connectivity index is 2.34. The van der Waals surface area contributed by atoms with Crippen molar-refractivity contribution in [2.45, 2.75) is 46.1 Å². The van der Waals surface area contributed by atoms with E-state index in [0.29, 0.717) is 21.4 Å². The van der Waals surface area contributed by atoms with Crippen molar-refractivity contribution in [1.29, 1.82) is 0 Å². The van der Waals surface area contributed by atoms with E-state index in [9.17, 15) is 4.79 Å². The molecule has 0 saturated carbocycles. The number of nitrogens with two attached hydrogens (primary N) is 1. The number of carbonyl (C=O) groups excluding carboxylic acids is 1. The molecule has 0 aliphatic carbocycles. The smallest absolute Gasteiger partial charge is 0.276 e. The predicted octanol–water partition coefficient (Wildman–Crippen LogP) is 4.90. The first kappa shape index (κ1) is 18.6. The van der Waals surface area contributed by atoms with E-state index in [4.69, 9.17) is 28.9 Å². The van der Waals surface area contributed by atoms with Crippen LogP contribution in [0.1, 0.15) is 56.7 Å². The molecular formula is C17H22Cl2N4O. The van der Waals surface area contributed by atoms with E-state index in [1.165, 1.54) is 0 Å². The first-order valence-electron chi connectivity index (χ1n) is 7.67. The van der Waals surface area contributed by atoms with Gasteiger partial charge in [0, 0.05) is 11.4 Å². The highest BCUT2D eigenvalue weighted by Crippen LogP contribution is 2.31. The fourth-order valence-electron chi connectivity index (χ4n) is 2.31. The van der Waals surface area contributed by atoms with Crippen molar-refractivity contribution >= 4 is 40.5 Å². The van der Waals surface area contributed by atoms with Gasteiger partial charge in [0.05, 0.1) is 21.3 Å². The second-order valence-electron chi connectivity index (χ2n) is 7.00. The van der Waals surface area contributed by atoms with E-state index in [0.717, 1.165) is 5.69 Å². The number of nitrogens with one attached hydrogen (secondary N) is 1. The Kier molecular flexibility index (Phi) is 5.16. The maximum atomic E-state index is 12.5. The Hall–Kier alpha value is -1.72. The summed E-state index contributed by atoms with van der Waals surface area (Å²) in [5.74, 6) is -0.0736. The number of nitrogens with zero attached hydrogens (tertiary/aromatic N) is 2. The van der Waals surface area contributed by atoms with Gasteiger partial charge in [-0.3, -0.25) is 9.48 Å². The van der Waals surface area contributed by atoms with Gasteiger partial charge >= 0.3 is 0 Å². The van der Waals surface area contributed by atoms with Crippen molar-refractivity contribution in [2.24, 2.45) is 0 Å². The average Bonchev–Trinajstić information content (AvgIpc) is 2.90. The molecule has 5 nitrogen and oxygen atoms in total. The zero-order valence-electron chi connectivity index (χ0n) is 14.4. The topological polar surface area (TPSA) is 72.9 Å². The van der Waals surface area contributed by atoms with E-state index in [1.807, 2.05) is 31.5 Å². The van der Waals surface area contributed by atoms with E-state index in [2.05, 4.69) is 24.3 Å². The van der Waals surface area contributed by atoms with Gasteiger partial charge in [-0.1, -0.05) is 37.0 Å². The van der Waals surface area contributed by atoms with Gasteiger partial charge in [0.25, 0.3) is 5.91 Å². The monoisotopic (exact) mass is 368 g/mol. The maximum absolute atomic E-state index is 12.5. The Labute approximate surface area is 152 Å². The standard InChI is InChI=1S/C17H22Cl2N4O/c1-9(2)14-8-13(22-23(14)17(3,4)5)16(24)21-10-6-11(18)15(20)12(19)7-10/h6-9H,20H2,1-5H3,(H,21,24). The molecule has 0 unspecified atom stereocenters. The summed E-state index contributed by atoms with van der Waals surface area (Å²) in [6, 6.07) is 4.93. The molecule has 0 spiro atoms. The Morgan fingerprint density at radius 2 is 1.75 bits per heavy atom. The van der Waals surface area contributed by atoms with Crippen molar-refractivity contribution in [3.63, 3.8) is 0 Å². The molecule has 1 aromatic heterocycles. The largest absolute Gasteiger partial charge is 0.396 e. The number of hydrogen-bond acceptors (Lipinski definition) is 3. The zero-order valence-corrected chi connectivity index (χ0v) is 16.0. The van der Waals surface area contributed by atoms with Crippen molar-refractivity contribution in [3.8, 4) is 0 Å². The lowest BCUT2D eigenvalue weighted by molar-refractivity contribution is 0.102. The summed E-state index contributed by atoms with van der Waals surface area (Å²) in [5, 5.41) is 7.82. The van der Waals surface area contributed by atoms with Gasteiger partial charge in [0.1, 0.15) is 0 Å². The van der Waals surface area contributed by atoms with E-state index in [-0.39, 0.29) is 23.1 Å². The third-order valence-corrected chi connectivity index (χ3v) is 4.16. The van der Waals surface area contributed by atoms with Crippen LogP contribution >= 0.6 is 23.2 Å². The quantitative estimate of drug-likeness (QED) is 0.756. The lowest BCUT2D eigenvalue weighted by atomic mass is 10.1. The third-order valence-electron chi connectivity index (χ3n) is 3.53. The molecule has 7 heteroatoms. The molecule has 2 aromatic rings. The highest BCUT2D eigenvalue weighted by atomic mass is 35.5. The van der Waals surface area contributed by atoms with Crippen LogP contribution in [0.4, 0.5) is 11.4 Å². The van der Waals surface area contributed by atoms with E-state index >= 15 is 0 Å². The second kappa shape index (κ2) is 6.65. The highest BCUT2D eigenvalue weighted by Gasteiger charge is 2.23. The number of anilines is 2. The average molecular weight is 369 g/mol. The molecule has 0 atom stereocenters. The van der Waals surface area contributed by atoms with E-state index < -0.39 is 0 Å². The van der Waals surface area contributed by atoms with Crippen LogP contribution in [0.15, 0.2) is 18.2 Å². The van der Waals surface area contributed by atoms with Crippen molar-refractivity contribution < 1.29 is 4.79 Å². The summed E-state index contributed by atoms with van der Waals surface area (Å²) in [6.07, 6.45) is 0.